The molecule has 0 N–H and O–H groups in total. The van der Waals surface area contributed by atoms with Gasteiger partial charge in [0.2, 0.25) is 0 Å². The van der Waals surface area contributed by atoms with E-state index in [1.165, 1.54) is 12.5 Å². The highest BCUT2D eigenvalue weighted by atomic mass is 17.2. The van der Waals surface area contributed by atoms with E-state index in [4.69, 9.17) is 33.5 Å². The van der Waals surface area contributed by atoms with E-state index >= 15 is 0 Å². The van der Waals surface area contributed by atoms with E-state index in [1.807, 2.05) is 60.7 Å². The molecule has 8 nitrogen and oxygen atoms in total. The smallest absolute Gasteiger partial charge is 0.343 e. The zero-order valence-corrected chi connectivity index (χ0v) is 30.2. The zero-order valence-electron chi connectivity index (χ0n) is 30.2. The highest BCUT2D eigenvalue weighted by Crippen LogP contribution is 2.47. The molecule has 1 aliphatic carbocycles. The van der Waals surface area contributed by atoms with Crippen LogP contribution in [0.1, 0.15) is 91.3 Å². The monoisotopic (exact) mass is 706 g/mol. The SMILES string of the molecule is C=COCCCCCCOc1ccc(COOc2ccc3c(c2)C(C)c2cc(OC(=O)c4ccc(OCCCCCCOC=C)cc4)ccc2-3)cc1. The van der Waals surface area contributed by atoms with Crippen molar-refractivity contribution in [2.24, 2.45) is 0 Å². The Balaban J connectivity index is 1.04. The fraction of sp³-hybridized carbons (Fsp3) is 0.341. The molecular weight excluding hydrogens is 656 g/mol. The van der Waals surface area contributed by atoms with Crippen molar-refractivity contribution in [2.75, 3.05) is 26.4 Å². The molecule has 0 amide bonds. The molecule has 274 valence electrons. The summed E-state index contributed by atoms with van der Waals surface area (Å²) in [7, 11) is 0. The normalized spacial score (nSPS) is 12.7. The molecule has 1 atom stereocenters. The minimum absolute atomic E-state index is 0.0860. The van der Waals surface area contributed by atoms with Gasteiger partial charge in [-0.1, -0.05) is 44.3 Å². The van der Waals surface area contributed by atoms with Gasteiger partial charge in [0.15, 0.2) is 5.75 Å². The first kappa shape index (κ1) is 38.0. The van der Waals surface area contributed by atoms with E-state index in [2.05, 4.69) is 20.1 Å². The van der Waals surface area contributed by atoms with Crippen molar-refractivity contribution in [2.45, 2.75) is 70.8 Å². The third kappa shape index (κ3) is 11.4. The summed E-state index contributed by atoms with van der Waals surface area (Å²) in [4.78, 5) is 24.3. The van der Waals surface area contributed by atoms with Gasteiger partial charge in [-0.15, -0.1) is 0 Å². The summed E-state index contributed by atoms with van der Waals surface area (Å²) in [5, 5.41) is 0. The number of carbonyl (C=O) groups excluding carboxylic acids is 1. The molecule has 5 rings (SSSR count). The standard InChI is InChI=1S/C44H50O8/c1-4-46-26-10-6-8-12-28-48-36-18-14-34(15-19-36)32-50-52-39-23-25-41-40-24-22-38(30-42(40)33(3)43(41)31-39)51-44(45)35-16-20-37(21-17-35)49-29-13-9-7-11-27-47-5-2/h4-5,14-25,30-31,33H,1-2,6-13,26-29,32H2,3H3. The summed E-state index contributed by atoms with van der Waals surface area (Å²) in [5.41, 5.74) is 5.91. The molecule has 0 aliphatic heterocycles. The van der Waals surface area contributed by atoms with Gasteiger partial charge in [-0.3, -0.25) is 0 Å². The lowest BCUT2D eigenvalue weighted by Gasteiger charge is -2.11. The van der Waals surface area contributed by atoms with E-state index in [0.29, 0.717) is 43.5 Å². The van der Waals surface area contributed by atoms with Gasteiger partial charge >= 0.3 is 5.97 Å². The molecule has 0 saturated carbocycles. The van der Waals surface area contributed by atoms with Crippen LogP contribution < -0.4 is 19.1 Å². The third-order valence-electron chi connectivity index (χ3n) is 8.96. The van der Waals surface area contributed by atoms with Gasteiger partial charge in [0.1, 0.15) is 23.9 Å². The first-order valence-electron chi connectivity index (χ1n) is 18.2. The molecule has 4 aromatic carbocycles. The average Bonchev–Trinajstić information content (AvgIpc) is 3.44. The van der Waals surface area contributed by atoms with E-state index in [0.717, 1.165) is 97.3 Å². The highest BCUT2D eigenvalue weighted by molar-refractivity contribution is 5.91. The third-order valence-corrected chi connectivity index (χ3v) is 8.96. The van der Waals surface area contributed by atoms with Crippen LogP contribution in [-0.2, 0) is 21.0 Å². The second-order valence-electron chi connectivity index (χ2n) is 12.7. The Morgan fingerprint density at radius 2 is 1.08 bits per heavy atom. The van der Waals surface area contributed by atoms with Crippen LogP contribution in [0.4, 0.5) is 0 Å². The molecule has 0 radical (unpaired) electrons. The Kier molecular flexibility index (Phi) is 15.1. The van der Waals surface area contributed by atoms with Crippen LogP contribution in [0.25, 0.3) is 11.1 Å². The number of esters is 1. The lowest BCUT2D eigenvalue weighted by molar-refractivity contribution is -0.217. The Labute approximate surface area is 307 Å². The minimum Gasteiger partial charge on any atom is -0.502 e. The number of hydrogen-bond donors (Lipinski definition) is 0. The Morgan fingerprint density at radius 1 is 0.596 bits per heavy atom. The number of rotatable bonds is 24. The number of carbonyl (C=O) groups is 1. The summed E-state index contributed by atoms with van der Waals surface area (Å²) >= 11 is 0. The fourth-order valence-electron chi connectivity index (χ4n) is 6.10. The van der Waals surface area contributed by atoms with Crippen molar-refractivity contribution in [3.05, 3.63) is 133 Å². The summed E-state index contributed by atoms with van der Waals surface area (Å²) in [6, 6.07) is 26.7. The maximum atomic E-state index is 13.0. The number of fused-ring (bicyclic) bond motifs is 3. The van der Waals surface area contributed by atoms with Crippen molar-refractivity contribution in [3.63, 3.8) is 0 Å². The van der Waals surface area contributed by atoms with Crippen molar-refractivity contribution in [1.29, 1.82) is 0 Å². The molecule has 4 aromatic rings. The highest BCUT2D eigenvalue weighted by Gasteiger charge is 2.27. The predicted molar refractivity (Wildman–Crippen MR) is 203 cm³/mol. The van der Waals surface area contributed by atoms with Gasteiger partial charge < -0.3 is 28.6 Å². The van der Waals surface area contributed by atoms with E-state index < -0.39 is 5.97 Å². The number of benzene rings is 4. The predicted octanol–water partition coefficient (Wildman–Crippen LogP) is 10.7. The molecule has 1 aliphatic rings. The van der Waals surface area contributed by atoms with Crippen LogP contribution in [-0.4, -0.2) is 32.4 Å². The van der Waals surface area contributed by atoms with Gasteiger partial charge in [-0.05, 0) is 140 Å². The van der Waals surface area contributed by atoms with Crippen LogP contribution >= 0.6 is 0 Å². The van der Waals surface area contributed by atoms with Crippen LogP contribution in [0.15, 0.2) is 111 Å². The van der Waals surface area contributed by atoms with Crippen molar-refractivity contribution in [3.8, 4) is 34.1 Å². The lowest BCUT2D eigenvalue weighted by Crippen LogP contribution is -2.08. The Bertz CT molecular complexity index is 1710. The van der Waals surface area contributed by atoms with Gasteiger partial charge in [0.05, 0.1) is 44.5 Å². The largest absolute Gasteiger partial charge is 0.502 e. The van der Waals surface area contributed by atoms with Crippen LogP contribution in [0, 0.1) is 0 Å². The first-order valence-corrected chi connectivity index (χ1v) is 18.2. The molecule has 0 aromatic heterocycles. The number of hydrogen-bond acceptors (Lipinski definition) is 8. The molecule has 52 heavy (non-hydrogen) atoms. The quantitative estimate of drug-likeness (QED) is 0.0178. The van der Waals surface area contributed by atoms with Gasteiger partial charge in [-0.2, -0.15) is 4.89 Å². The molecule has 0 bridgehead atoms. The molecule has 8 heteroatoms. The Morgan fingerprint density at radius 3 is 1.63 bits per heavy atom. The maximum Gasteiger partial charge on any atom is 0.343 e. The summed E-state index contributed by atoms with van der Waals surface area (Å²) < 4.78 is 27.8. The Hall–Kier alpha value is -5.21. The molecule has 0 fully saturated rings. The molecule has 1 unspecified atom stereocenters. The molecule has 0 saturated heterocycles. The van der Waals surface area contributed by atoms with E-state index in [-0.39, 0.29) is 5.92 Å². The number of ether oxygens (including phenoxy) is 5. The second kappa shape index (κ2) is 20.6. The van der Waals surface area contributed by atoms with Crippen LogP contribution in [0.5, 0.6) is 23.0 Å². The van der Waals surface area contributed by atoms with Crippen molar-refractivity contribution >= 4 is 5.97 Å². The second-order valence-corrected chi connectivity index (χ2v) is 12.7. The van der Waals surface area contributed by atoms with Crippen molar-refractivity contribution in [1.82, 2.24) is 0 Å². The molecule has 0 spiro atoms. The maximum absolute atomic E-state index is 13.0. The van der Waals surface area contributed by atoms with Crippen molar-refractivity contribution < 1.29 is 38.3 Å². The van der Waals surface area contributed by atoms with E-state index in [1.54, 1.807) is 24.3 Å². The average molecular weight is 707 g/mol. The van der Waals surface area contributed by atoms with Gasteiger partial charge in [-0.25, -0.2) is 4.79 Å². The lowest BCUT2D eigenvalue weighted by atomic mass is 9.99. The summed E-state index contributed by atoms with van der Waals surface area (Å²) in [6.07, 6.45) is 11.4. The summed E-state index contributed by atoms with van der Waals surface area (Å²) in [6.45, 7) is 12.3. The fourth-order valence-corrected chi connectivity index (χ4v) is 6.10. The topological polar surface area (TPSA) is 81.7 Å². The zero-order chi connectivity index (χ0) is 36.4. The number of unbranched alkanes of at least 4 members (excludes halogenated alkanes) is 6. The van der Waals surface area contributed by atoms with Crippen LogP contribution in [0.2, 0.25) is 0 Å². The first-order chi connectivity index (χ1) is 25.6. The summed E-state index contributed by atoms with van der Waals surface area (Å²) in [5.74, 6) is 2.38. The minimum atomic E-state index is -0.413. The van der Waals surface area contributed by atoms with Crippen LogP contribution in [0.3, 0.4) is 0 Å². The van der Waals surface area contributed by atoms with E-state index in [9.17, 15) is 4.79 Å². The van der Waals surface area contributed by atoms with Gasteiger partial charge in [0, 0.05) is 5.92 Å². The molecule has 0 heterocycles. The van der Waals surface area contributed by atoms with Gasteiger partial charge in [0.25, 0.3) is 0 Å². The molecular formula is C44H50O8.